The van der Waals surface area contributed by atoms with E-state index in [4.69, 9.17) is 0 Å². The molecule has 3 heteroatoms. The van der Waals surface area contributed by atoms with E-state index in [9.17, 15) is 4.57 Å². The first-order valence-corrected chi connectivity index (χ1v) is 19.9. The maximum atomic E-state index is 13.8. The Kier molecular flexibility index (Phi) is 13.3. The quantitative estimate of drug-likeness (QED) is 0.118. The van der Waals surface area contributed by atoms with Gasteiger partial charge in [0.15, 0.2) is 7.14 Å². The van der Waals surface area contributed by atoms with Gasteiger partial charge in [0.1, 0.15) is 23.2 Å². The molecule has 0 unspecified atom stereocenters. The zero-order chi connectivity index (χ0) is 33.5. The SMILES string of the molecule is C=C(C)C.CC(C)C[P+](c1ccccc1)(c1ccccc1)c1ccccc1.O=P(c1ccccc1)(c1ccccc1)c1ccccc1. The molecule has 1 nitrogen and oxygen atoms in total. The van der Waals surface area contributed by atoms with E-state index >= 15 is 0 Å². The van der Waals surface area contributed by atoms with Crippen LogP contribution >= 0.6 is 14.4 Å². The van der Waals surface area contributed by atoms with Crippen LogP contribution < -0.4 is 31.8 Å². The Morgan fingerprint density at radius 3 is 0.915 bits per heavy atom. The average molecular weight is 654 g/mol. The van der Waals surface area contributed by atoms with E-state index in [1.807, 2.05) is 105 Å². The Morgan fingerprint density at radius 2 is 0.702 bits per heavy atom. The third-order valence-corrected chi connectivity index (χ3v) is 15.5. The predicted octanol–water partition coefficient (Wildman–Crippen LogP) is 9.54. The van der Waals surface area contributed by atoms with Crippen molar-refractivity contribution >= 4 is 46.2 Å². The van der Waals surface area contributed by atoms with Crippen molar-refractivity contribution < 1.29 is 4.57 Å². The highest BCUT2D eigenvalue weighted by atomic mass is 31.2. The molecule has 0 N–H and O–H groups in total. The molecule has 0 bridgehead atoms. The first kappa shape index (κ1) is 35.6. The van der Waals surface area contributed by atoms with Gasteiger partial charge in [-0.3, -0.25) is 0 Å². The van der Waals surface area contributed by atoms with Crippen molar-refractivity contribution in [3.63, 3.8) is 0 Å². The highest BCUT2D eigenvalue weighted by molar-refractivity contribution is 7.95. The van der Waals surface area contributed by atoms with Crippen molar-refractivity contribution in [1.82, 2.24) is 0 Å². The molecule has 47 heavy (non-hydrogen) atoms. The molecule has 0 fully saturated rings. The molecular formula is C44H47OP2+. The summed E-state index contributed by atoms with van der Waals surface area (Å²) in [5.41, 5.74) is 1.17. The van der Waals surface area contributed by atoms with Gasteiger partial charge in [0.2, 0.25) is 0 Å². The van der Waals surface area contributed by atoms with E-state index < -0.39 is 14.4 Å². The van der Waals surface area contributed by atoms with Crippen molar-refractivity contribution in [3.8, 4) is 0 Å². The van der Waals surface area contributed by atoms with Crippen molar-refractivity contribution in [3.05, 3.63) is 194 Å². The van der Waals surface area contributed by atoms with Gasteiger partial charge in [0, 0.05) is 15.9 Å². The van der Waals surface area contributed by atoms with Crippen molar-refractivity contribution in [2.75, 3.05) is 6.16 Å². The molecule has 0 aromatic heterocycles. The molecule has 0 spiro atoms. The fraction of sp³-hybridized carbons (Fsp3) is 0.136. The van der Waals surface area contributed by atoms with E-state index in [-0.39, 0.29) is 0 Å². The summed E-state index contributed by atoms with van der Waals surface area (Å²) in [4.78, 5) is 0. The summed E-state index contributed by atoms with van der Waals surface area (Å²) in [7, 11) is -4.39. The van der Waals surface area contributed by atoms with Crippen molar-refractivity contribution in [2.45, 2.75) is 27.7 Å². The summed E-state index contributed by atoms with van der Waals surface area (Å²) in [6.45, 7) is 12.2. The van der Waals surface area contributed by atoms with Crippen LogP contribution in [0.4, 0.5) is 0 Å². The van der Waals surface area contributed by atoms with E-state index in [1.54, 1.807) is 0 Å². The second-order valence-corrected chi connectivity index (χ2v) is 18.5. The van der Waals surface area contributed by atoms with Crippen molar-refractivity contribution in [2.24, 2.45) is 5.92 Å². The Hall–Kier alpha value is -4.28. The Bertz CT molecular complexity index is 1600. The minimum Gasteiger partial charge on any atom is -0.309 e. The van der Waals surface area contributed by atoms with E-state index in [1.165, 1.54) is 27.6 Å². The van der Waals surface area contributed by atoms with E-state index in [0.717, 1.165) is 15.9 Å². The Morgan fingerprint density at radius 1 is 0.489 bits per heavy atom. The summed E-state index contributed by atoms with van der Waals surface area (Å²) in [6, 6.07) is 62.4. The zero-order valence-corrected chi connectivity index (χ0v) is 29.9. The minimum absolute atomic E-state index is 0.643. The fourth-order valence-corrected chi connectivity index (χ4v) is 13.1. The fourth-order valence-electron chi connectivity index (χ4n) is 5.72. The lowest BCUT2D eigenvalue weighted by Crippen LogP contribution is -2.34. The van der Waals surface area contributed by atoms with Gasteiger partial charge in [0.05, 0.1) is 6.16 Å². The van der Waals surface area contributed by atoms with Crippen LogP contribution in [-0.2, 0) is 4.57 Å². The van der Waals surface area contributed by atoms with Gasteiger partial charge in [-0.1, -0.05) is 165 Å². The normalized spacial score (nSPS) is 11.0. The third-order valence-electron chi connectivity index (χ3n) is 7.59. The first-order valence-electron chi connectivity index (χ1n) is 16.2. The monoisotopic (exact) mass is 653 g/mol. The summed E-state index contributed by atoms with van der Waals surface area (Å²) in [5.74, 6) is 0.643. The molecule has 0 amide bonds. The van der Waals surface area contributed by atoms with Crippen LogP contribution in [0.3, 0.4) is 0 Å². The lowest BCUT2D eigenvalue weighted by atomic mass is 10.3. The van der Waals surface area contributed by atoms with Gasteiger partial charge < -0.3 is 4.57 Å². The lowest BCUT2D eigenvalue weighted by Gasteiger charge is -2.29. The molecule has 0 aliphatic rings. The number of rotatable bonds is 8. The van der Waals surface area contributed by atoms with Crippen LogP contribution in [-0.4, -0.2) is 6.16 Å². The largest absolute Gasteiger partial charge is 0.309 e. The Labute approximate surface area is 283 Å². The molecule has 0 saturated heterocycles. The molecule has 0 atom stereocenters. The number of hydrogen-bond acceptors (Lipinski definition) is 1. The highest BCUT2D eigenvalue weighted by Crippen LogP contribution is 2.56. The number of hydrogen-bond donors (Lipinski definition) is 0. The van der Waals surface area contributed by atoms with E-state index in [0.29, 0.717) is 5.92 Å². The van der Waals surface area contributed by atoms with Gasteiger partial charge in [-0.25, -0.2) is 0 Å². The molecule has 0 aliphatic carbocycles. The topological polar surface area (TPSA) is 17.1 Å². The predicted molar refractivity (Wildman–Crippen MR) is 211 cm³/mol. The van der Waals surface area contributed by atoms with Gasteiger partial charge >= 0.3 is 0 Å². The molecule has 0 aliphatic heterocycles. The molecule has 6 rings (SSSR count). The molecule has 0 heterocycles. The maximum Gasteiger partial charge on any atom is 0.171 e. The van der Waals surface area contributed by atoms with E-state index in [2.05, 4.69) is 111 Å². The van der Waals surface area contributed by atoms with Crippen LogP contribution in [0.2, 0.25) is 0 Å². The zero-order valence-electron chi connectivity index (χ0n) is 28.1. The highest BCUT2D eigenvalue weighted by Gasteiger charge is 2.45. The van der Waals surface area contributed by atoms with Crippen LogP contribution in [0, 0.1) is 5.92 Å². The van der Waals surface area contributed by atoms with Crippen LogP contribution in [0.15, 0.2) is 194 Å². The molecule has 6 aromatic rings. The number of allylic oxidation sites excluding steroid dienone is 1. The van der Waals surface area contributed by atoms with Gasteiger partial charge in [-0.05, 0) is 56.2 Å². The third kappa shape index (κ3) is 9.17. The standard InChI is InChI=1S/C22H24P.C18H15OP.C4H8/c1-19(2)18-23(20-12-6-3-7-13-20,21-14-8-4-9-15-21)22-16-10-5-11-17-22;19-20(16-10-4-1-5-11-16,17-12-6-2-7-13-17)18-14-8-3-9-15-18;1-4(2)3/h3-17,19H,18H2,1-2H3;1-15H;1H2,2-3H3/q+1;;. The molecule has 6 aromatic carbocycles. The summed E-state index contributed by atoms with van der Waals surface area (Å²) >= 11 is 0. The summed E-state index contributed by atoms with van der Waals surface area (Å²) < 4.78 is 13.8. The maximum absolute atomic E-state index is 13.8. The van der Waals surface area contributed by atoms with Gasteiger partial charge in [-0.15, -0.1) is 6.58 Å². The average Bonchev–Trinajstić information content (AvgIpc) is 3.12. The second-order valence-electron chi connectivity index (χ2n) is 12.2. The second kappa shape index (κ2) is 17.6. The van der Waals surface area contributed by atoms with Gasteiger partial charge in [-0.2, -0.15) is 0 Å². The Balaban J connectivity index is 0.000000193. The smallest absolute Gasteiger partial charge is 0.171 e. The van der Waals surface area contributed by atoms with Gasteiger partial charge in [0.25, 0.3) is 0 Å². The van der Waals surface area contributed by atoms with Crippen LogP contribution in [0.25, 0.3) is 0 Å². The first-order chi connectivity index (χ1) is 22.8. The molecule has 0 saturated carbocycles. The summed E-state index contributed by atoms with van der Waals surface area (Å²) in [6.07, 6.45) is 1.20. The molecule has 0 radical (unpaired) electrons. The summed E-state index contributed by atoms with van der Waals surface area (Å²) in [5, 5.41) is 7.05. The lowest BCUT2D eigenvalue weighted by molar-refractivity contribution is 0.592. The number of benzene rings is 6. The molecular weight excluding hydrogens is 606 g/mol. The minimum atomic E-state index is -2.78. The molecule has 238 valence electrons. The van der Waals surface area contributed by atoms with Crippen molar-refractivity contribution in [1.29, 1.82) is 0 Å². The van der Waals surface area contributed by atoms with Crippen LogP contribution in [0.5, 0.6) is 0 Å². The van der Waals surface area contributed by atoms with Crippen LogP contribution in [0.1, 0.15) is 27.7 Å².